The quantitative estimate of drug-likeness (QED) is 0.833. The molecule has 0 aromatic heterocycles. The van der Waals surface area contributed by atoms with Gasteiger partial charge in [-0.3, -0.25) is 14.5 Å². The number of carbonyl (C=O) groups excluding carboxylic acids is 1. The van der Waals surface area contributed by atoms with Crippen LogP contribution in [0.1, 0.15) is 31.2 Å². The summed E-state index contributed by atoms with van der Waals surface area (Å²) in [6, 6.07) is 9.77. The molecule has 5 nitrogen and oxygen atoms in total. The number of rotatable bonds is 6. The third-order valence-electron chi connectivity index (χ3n) is 4.86. The molecule has 1 heterocycles. The summed E-state index contributed by atoms with van der Waals surface area (Å²) in [5.41, 5.74) is 1.37. The number of likely N-dealkylation sites (tertiary alicyclic amines) is 1. The van der Waals surface area contributed by atoms with Gasteiger partial charge in [0, 0.05) is 12.0 Å². The van der Waals surface area contributed by atoms with Crippen LogP contribution in [-0.4, -0.2) is 47.6 Å². The van der Waals surface area contributed by atoms with E-state index in [0.717, 1.165) is 19.3 Å². The van der Waals surface area contributed by atoms with Crippen LogP contribution in [0.5, 0.6) is 0 Å². The number of nitrogens with one attached hydrogen (secondary N) is 1. The number of amides is 1. The second kappa shape index (κ2) is 6.08. The molecule has 3 rings (SSSR count). The fourth-order valence-electron chi connectivity index (χ4n) is 3.31. The Labute approximate surface area is 130 Å². The van der Waals surface area contributed by atoms with Gasteiger partial charge >= 0.3 is 5.97 Å². The number of nitrogens with zero attached hydrogens (tertiary/aromatic N) is 1. The molecular formula is C17H22N2O3. The molecule has 1 aliphatic heterocycles. The van der Waals surface area contributed by atoms with Gasteiger partial charge in [0.25, 0.3) is 0 Å². The Kier molecular flexibility index (Phi) is 4.16. The van der Waals surface area contributed by atoms with Gasteiger partial charge in [-0.2, -0.15) is 0 Å². The van der Waals surface area contributed by atoms with E-state index in [4.69, 9.17) is 5.11 Å². The van der Waals surface area contributed by atoms with E-state index >= 15 is 0 Å². The molecule has 1 aliphatic carbocycles. The maximum absolute atomic E-state index is 12.1. The van der Waals surface area contributed by atoms with Crippen LogP contribution in [0.25, 0.3) is 0 Å². The number of carboxylic acids is 1. The maximum Gasteiger partial charge on any atom is 0.320 e. The van der Waals surface area contributed by atoms with Gasteiger partial charge in [0.05, 0.1) is 6.54 Å². The topological polar surface area (TPSA) is 69.6 Å². The fourth-order valence-corrected chi connectivity index (χ4v) is 3.31. The summed E-state index contributed by atoms with van der Waals surface area (Å²) in [5, 5.41) is 12.1. The van der Waals surface area contributed by atoms with E-state index < -0.39 is 12.0 Å². The van der Waals surface area contributed by atoms with E-state index in [1.54, 1.807) is 4.90 Å². The van der Waals surface area contributed by atoms with E-state index in [0.29, 0.717) is 19.5 Å². The molecule has 5 heteroatoms. The van der Waals surface area contributed by atoms with Gasteiger partial charge < -0.3 is 10.4 Å². The molecule has 22 heavy (non-hydrogen) atoms. The smallest absolute Gasteiger partial charge is 0.320 e. The van der Waals surface area contributed by atoms with Crippen LogP contribution in [-0.2, 0) is 15.0 Å². The minimum atomic E-state index is -0.826. The molecule has 0 unspecified atom stereocenters. The van der Waals surface area contributed by atoms with Gasteiger partial charge in [0.15, 0.2) is 0 Å². The third-order valence-corrected chi connectivity index (χ3v) is 4.86. The minimum absolute atomic E-state index is 0.0737. The highest BCUT2D eigenvalue weighted by molar-refractivity contribution is 5.80. The number of carboxylic acid groups (broad SMARTS) is 1. The molecule has 118 valence electrons. The Morgan fingerprint density at radius 3 is 2.64 bits per heavy atom. The number of hydrogen-bond donors (Lipinski definition) is 2. The molecule has 1 saturated heterocycles. The molecular weight excluding hydrogens is 280 g/mol. The summed E-state index contributed by atoms with van der Waals surface area (Å²) in [6.07, 6.45) is 3.67. The molecule has 1 atom stereocenters. The number of aliphatic carboxylic acids is 1. The Morgan fingerprint density at radius 1 is 1.27 bits per heavy atom. The molecule has 1 saturated carbocycles. The van der Waals surface area contributed by atoms with Gasteiger partial charge in [-0.15, -0.1) is 0 Å². The molecule has 1 amide bonds. The average molecular weight is 302 g/mol. The van der Waals surface area contributed by atoms with Crippen LogP contribution in [0, 0.1) is 0 Å². The van der Waals surface area contributed by atoms with Crippen LogP contribution < -0.4 is 5.32 Å². The molecule has 1 aromatic carbocycles. The van der Waals surface area contributed by atoms with Crippen molar-refractivity contribution in [3.05, 3.63) is 35.9 Å². The van der Waals surface area contributed by atoms with Crippen LogP contribution in [0.3, 0.4) is 0 Å². The number of hydrogen-bond acceptors (Lipinski definition) is 3. The van der Waals surface area contributed by atoms with Gasteiger partial charge in [-0.25, -0.2) is 0 Å². The molecule has 0 spiro atoms. The van der Waals surface area contributed by atoms with Crippen LogP contribution >= 0.6 is 0 Å². The molecule has 0 radical (unpaired) electrons. The standard InChI is InChI=1S/C17H22N2O3/c20-15(11-19-10-4-7-14(19)16(21)22)18-12-17(8-9-17)13-5-2-1-3-6-13/h1-3,5-6,14H,4,7-12H2,(H,18,20)(H,21,22)/t14-/m1/s1. The molecule has 0 bridgehead atoms. The first-order chi connectivity index (χ1) is 10.6. The summed E-state index contributed by atoms with van der Waals surface area (Å²) in [7, 11) is 0. The predicted molar refractivity (Wildman–Crippen MR) is 82.6 cm³/mol. The lowest BCUT2D eigenvalue weighted by Crippen LogP contribution is -2.44. The zero-order chi connectivity index (χ0) is 15.6. The third kappa shape index (κ3) is 3.14. The predicted octanol–water partition coefficient (Wildman–Crippen LogP) is 1.38. The first-order valence-electron chi connectivity index (χ1n) is 7.90. The maximum atomic E-state index is 12.1. The molecule has 2 N–H and O–H groups in total. The minimum Gasteiger partial charge on any atom is -0.480 e. The van der Waals surface area contributed by atoms with Crippen molar-refractivity contribution in [2.45, 2.75) is 37.1 Å². The monoisotopic (exact) mass is 302 g/mol. The van der Waals surface area contributed by atoms with E-state index in [-0.39, 0.29) is 17.9 Å². The van der Waals surface area contributed by atoms with Crippen molar-refractivity contribution < 1.29 is 14.7 Å². The average Bonchev–Trinajstić information content (AvgIpc) is 3.18. The van der Waals surface area contributed by atoms with E-state index in [2.05, 4.69) is 17.4 Å². The second-order valence-corrected chi connectivity index (χ2v) is 6.39. The highest BCUT2D eigenvalue weighted by atomic mass is 16.4. The van der Waals surface area contributed by atoms with Gasteiger partial charge in [0.2, 0.25) is 5.91 Å². The molecule has 2 fully saturated rings. The van der Waals surface area contributed by atoms with E-state index in [1.165, 1.54) is 5.56 Å². The zero-order valence-electron chi connectivity index (χ0n) is 12.6. The number of benzene rings is 1. The van der Waals surface area contributed by atoms with Gasteiger partial charge in [-0.05, 0) is 37.8 Å². The first-order valence-corrected chi connectivity index (χ1v) is 7.90. The van der Waals surface area contributed by atoms with E-state index in [9.17, 15) is 9.59 Å². The highest BCUT2D eigenvalue weighted by Gasteiger charge is 2.44. The van der Waals surface area contributed by atoms with Crippen molar-refractivity contribution in [3.63, 3.8) is 0 Å². The SMILES string of the molecule is O=C(CN1CCC[C@@H]1C(=O)O)NCC1(c2ccccc2)CC1. The number of carbonyl (C=O) groups is 2. The first kappa shape index (κ1) is 15.0. The van der Waals surface area contributed by atoms with Gasteiger partial charge in [-0.1, -0.05) is 30.3 Å². The Morgan fingerprint density at radius 2 is 2.00 bits per heavy atom. The summed E-state index contributed by atoms with van der Waals surface area (Å²) in [4.78, 5) is 25.0. The normalized spacial score (nSPS) is 23.2. The van der Waals surface area contributed by atoms with E-state index in [1.807, 2.05) is 18.2 Å². The Hall–Kier alpha value is -1.88. The summed E-state index contributed by atoms with van der Waals surface area (Å²) in [6.45, 7) is 1.51. The summed E-state index contributed by atoms with van der Waals surface area (Å²) >= 11 is 0. The van der Waals surface area contributed by atoms with Crippen molar-refractivity contribution in [2.75, 3.05) is 19.6 Å². The summed E-state index contributed by atoms with van der Waals surface area (Å²) in [5.74, 6) is -0.899. The van der Waals surface area contributed by atoms with Crippen molar-refractivity contribution in [3.8, 4) is 0 Å². The Bertz CT molecular complexity index is 554. The van der Waals surface area contributed by atoms with Crippen molar-refractivity contribution >= 4 is 11.9 Å². The largest absolute Gasteiger partial charge is 0.480 e. The van der Waals surface area contributed by atoms with Crippen molar-refractivity contribution in [1.29, 1.82) is 0 Å². The van der Waals surface area contributed by atoms with Crippen molar-refractivity contribution in [1.82, 2.24) is 10.2 Å². The zero-order valence-corrected chi connectivity index (χ0v) is 12.6. The molecule has 1 aromatic rings. The Balaban J connectivity index is 1.52. The van der Waals surface area contributed by atoms with Gasteiger partial charge in [0.1, 0.15) is 6.04 Å². The summed E-state index contributed by atoms with van der Waals surface area (Å²) < 4.78 is 0. The van der Waals surface area contributed by atoms with Crippen molar-refractivity contribution in [2.24, 2.45) is 0 Å². The second-order valence-electron chi connectivity index (χ2n) is 6.39. The van der Waals surface area contributed by atoms with Crippen LogP contribution in [0.15, 0.2) is 30.3 Å². The fraction of sp³-hybridized carbons (Fsp3) is 0.529. The molecule has 2 aliphatic rings. The lowest BCUT2D eigenvalue weighted by molar-refractivity contribution is -0.142. The highest BCUT2D eigenvalue weighted by Crippen LogP contribution is 2.47. The van der Waals surface area contributed by atoms with Crippen LogP contribution in [0.4, 0.5) is 0 Å². The van der Waals surface area contributed by atoms with Crippen LogP contribution in [0.2, 0.25) is 0 Å². The lowest BCUT2D eigenvalue weighted by Gasteiger charge is -2.22. The lowest BCUT2D eigenvalue weighted by atomic mass is 9.96.